The van der Waals surface area contributed by atoms with Crippen molar-refractivity contribution in [3.63, 3.8) is 0 Å². The number of ether oxygens (including phenoxy) is 1. The van der Waals surface area contributed by atoms with Crippen molar-refractivity contribution in [3.8, 4) is 11.4 Å². The van der Waals surface area contributed by atoms with Gasteiger partial charge in [0.05, 0.1) is 17.1 Å². The third kappa shape index (κ3) is 4.98. The zero-order chi connectivity index (χ0) is 21.2. The number of nitrogens with one attached hydrogen (secondary N) is 1. The molecule has 1 aromatic heterocycles. The second-order valence-electron chi connectivity index (χ2n) is 5.92. The first-order chi connectivity index (χ1) is 12.9. The Morgan fingerprint density at radius 3 is 2.43 bits per heavy atom. The van der Waals surface area contributed by atoms with E-state index >= 15 is 0 Å². The lowest BCUT2D eigenvalue weighted by Crippen LogP contribution is -2.36. The summed E-state index contributed by atoms with van der Waals surface area (Å²) in [5.74, 6) is -2.25. The molecule has 1 N–H and O–H groups in total. The van der Waals surface area contributed by atoms with Crippen LogP contribution in [0.1, 0.15) is 12.1 Å². The largest absolute Gasteiger partial charge is 0.431 e. The van der Waals surface area contributed by atoms with Gasteiger partial charge in [0.1, 0.15) is 11.5 Å². The van der Waals surface area contributed by atoms with Gasteiger partial charge in [-0.3, -0.25) is 9.59 Å². The molecule has 0 spiro atoms. The molecule has 12 heteroatoms. The molecule has 0 fully saturated rings. The number of nitrogens with zero attached hydrogens (tertiary/aromatic N) is 2. The fourth-order valence-corrected chi connectivity index (χ4v) is 2.32. The highest BCUT2D eigenvalue weighted by molar-refractivity contribution is 6.32. The first-order valence-corrected chi connectivity index (χ1v) is 8.06. The van der Waals surface area contributed by atoms with Gasteiger partial charge in [0.15, 0.2) is 5.75 Å². The van der Waals surface area contributed by atoms with Gasteiger partial charge in [0, 0.05) is 18.7 Å². The van der Waals surface area contributed by atoms with Crippen molar-refractivity contribution in [1.82, 2.24) is 14.5 Å². The van der Waals surface area contributed by atoms with Crippen LogP contribution < -0.4 is 16.0 Å². The van der Waals surface area contributed by atoms with E-state index in [9.17, 15) is 31.9 Å². The van der Waals surface area contributed by atoms with Crippen LogP contribution in [-0.2, 0) is 11.0 Å². The van der Waals surface area contributed by atoms with Crippen molar-refractivity contribution < 1.29 is 27.1 Å². The van der Waals surface area contributed by atoms with E-state index in [2.05, 4.69) is 0 Å². The van der Waals surface area contributed by atoms with Crippen molar-refractivity contribution in [1.29, 1.82) is 0 Å². The van der Waals surface area contributed by atoms with Crippen molar-refractivity contribution in [3.05, 3.63) is 55.6 Å². The summed E-state index contributed by atoms with van der Waals surface area (Å²) < 4.78 is 57.4. The highest BCUT2D eigenvalue weighted by Crippen LogP contribution is 2.30. The van der Waals surface area contributed by atoms with E-state index in [-0.39, 0.29) is 27.8 Å². The number of carbonyl (C=O) groups is 1. The lowest BCUT2D eigenvalue weighted by molar-refractivity contribution is -0.141. The molecule has 0 aliphatic carbocycles. The van der Waals surface area contributed by atoms with E-state index in [4.69, 9.17) is 16.3 Å². The van der Waals surface area contributed by atoms with Gasteiger partial charge < -0.3 is 14.6 Å². The first-order valence-electron chi connectivity index (χ1n) is 7.68. The average molecular weight is 424 g/mol. The number of aromatic amines is 1. The normalized spacial score (nSPS) is 11.7. The zero-order valence-corrected chi connectivity index (χ0v) is 15.3. The Hall–Kier alpha value is -2.66. The number of H-pyrrole nitrogens is 1. The summed E-state index contributed by atoms with van der Waals surface area (Å²) in [7, 11) is 3.44. The fraction of sp³-hybridized carbons (Fsp3) is 0.312. The van der Waals surface area contributed by atoms with E-state index in [1.54, 1.807) is 19.0 Å². The Morgan fingerprint density at radius 1 is 1.25 bits per heavy atom. The summed E-state index contributed by atoms with van der Waals surface area (Å²) in [5.41, 5.74) is -5.25. The van der Waals surface area contributed by atoms with Crippen LogP contribution in [0.25, 0.3) is 5.69 Å². The van der Waals surface area contributed by atoms with Crippen LogP contribution in [0.15, 0.2) is 27.8 Å². The van der Waals surface area contributed by atoms with E-state index in [0.29, 0.717) is 12.6 Å². The number of esters is 1. The van der Waals surface area contributed by atoms with E-state index in [1.165, 1.54) is 4.98 Å². The third-order valence-electron chi connectivity index (χ3n) is 3.47. The summed E-state index contributed by atoms with van der Waals surface area (Å²) in [6, 6.07) is 1.57. The summed E-state index contributed by atoms with van der Waals surface area (Å²) in [4.78, 5) is 38.9. The molecular weight excluding hydrogens is 410 g/mol. The lowest BCUT2D eigenvalue weighted by Gasteiger charge is -2.13. The summed E-state index contributed by atoms with van der Waals surface area (Å²) in [6.45, 7) is 0.350. The molecule has 0 aliphatic heterocycles. The van der Waals surface area contributed by atoms with E-state index in [0.717, 1.165) is 6.07 Å². The van der Waals surface area contributed by atoms with Crippen molar-refractivity contribution >= 4 is 17.6 Å². The minimum Gasteiger partial charge on any atom is -0.425 e. The summed E-state index contributed by atoms with van der Waals surface area (Å²) in [6.07, 6.45) is -5.00. The molecule has 2 aromatic rings. The zero-order valence-electron chi connectivity index (χ0n) is 14.6. The predicted octanol–water partition coefficient (Wildman–Crippen LogP) is 2.19. The molecule has 1 heterocycles. The minimum absolute atomic E-state index is 0.0309. The second-order valence-corrected chi connectivity index (χ2v) is 6.33. The Bertz CT molecular complexity index is 983. The average Bonchev–Trinajstić information content (AvgIpc) is 2.55. The standard InChI is InChI=1S/C16H14ClF4N3O4/c1-23(2)4-3-14(26)28-11-6-10(9(18)5-8(11)17)24-13(25)7-12(16(19,20)21)22-15(24)27/h5-7H,3-4H2,1-2H3,(H,22,27). The third-order valence-corrected chi connectivity index (χ3v) is 3.76. The molecule has 152 valence electrons. The minimum atomic E-state index is -4.97. The van der Waals surface area contributed by atoms with Crippen LogP contribution in [-0.4, -0.2) is 41.1 Å². The quantitative estimate of drug-likeness (QED) is 0.453. The molecule has 1 aromatic carbocycles. The summed E-state index contributed by atoms with van der Waals surface area (Å²) in [5, 5.41) is -0.323. The SMILES string of the molecule is CN(C)CCC(=O)Oc1cc(-n2c(=O)cc(C(F)(F)F)[nH]c2=O)c(F)cc1Cl. The van der Waals surface area contributed by atoms with Gasteiger partial charge >= 0.3 is 17.8 Å². The van der Waals surface area contributed by atoms with Gasteiger partial charge in [-0.05, 0) is 20.2 Å². The molecule has 0 unspecified atom stereocenters. The van der Waals surface area contributed by atoms with Crippen molar-refractivity contribution in [2.75, 3.05) is 20.6 Å². The Labute approximate surface area is 160 Å². The van der Waals surface area contributed by atoms with E-state index in [1.807, 2.05) is 0 Å². The molecule has 28 heavy (non-hydrogen) atoms. The van der Waals surface area contributed by atoms with Crippen molar-refractivity contribution in [2.45, 2.75) is 12.6 Å². The molecule has 7 nitrogen and oxygen atoms in total. The molecular formula is C16H14ClF4N3O4. The highest BCUT2D eigenvalue weighted by Gasteiger charge is 2.33. The maximum atomic E-state index is 14.2. The molecule has 2 rings (SSSR count). The maximum absolute atomic E-state index is 14.2. The lowest BCUT2D eigenvalue weighted by atomic mass is 10.2. The molecule has 0 amide bonds. The van der Waals surface area contributed by atoms with Crippen molar-refractivity contribution in [2.24, 2.45) is 0 Å². The second kappa shape index (κ2) is 8.15. The molecule has 0 saturated carbocycles. The number of rotatable bonds is 5. The van der Waals surface area contributed by atoms with Crippen LogP contribution in [0.5, 0.6) is 5.75 Å². The topological polar surface area (TPSA) is 84.4 Å². The summed E-state index contributed by atoms with van der Waals surface area (Å²) >= 11 is 5.81. The van der Waals surface area contributed by atoms with Crippen LogP contribution >= 0.6 is 11.6 Å². The van der Waals surface area contributed by atoms with Crippen LogP contribution in [0.3, 0.4) is 0 Å². The molecule has 0 radical (unpaired) electrons. The maximum Gasteiger partial charge on any atom is 0.431 e. The van der Waals surface area contributed by atoms with Gasteiger partial charge in [-0.2, -0.15) is 13.2 Å². The van der Waals surface area contributed by atoms with Gasteiger partial charge in [-0.25, -0.2) is 13.8 Å². The molecule has 0 bridgehead atoms. The molecule has 0 saturated heterocycles. The molecule has 0 atom stereocenters. The first kappa shape index (κ1) is 21.6. The monoisotopic (exact) mass is 423 g/mol. The number of aromatic nitrogens is 2. The highest BCUT2D eigenvalue weighted by atomic mass is 35.5. The Kier molecular flexibility index (Phi) is 6.30. The Morgan fingerprint density at radius 2 is 1.89 bits per heavy atom. The predicted molar refractivity (Wildman–Crippen MR) is 91.4 cm³/mol. The van der Waals surface area contributed by atoms with Gasteiger partial charge in [0.2, 0.25) is 0 Å². The Balaban J connectivity index is 2.49. The van der Waals surface area contributed by atoms with Gasteiger partial charge in [0.25, 0.3) is 5.56 Å². The van der Waals surface area contributed by atoms with Crippen LogP contribution in [0, 0.1) is 5.82 Å². The van der Waals surface area contributed by atoms with E-state index < -0.39 is 40.6 Å². The van der Waals surface area contributed by atoms with Gasteiger partial charge in [-0.15, -0.1) is 0 Å². The number of carbonyl (C=O) groups excluding carboxylic acids is 1. The number of benzene rings is 1. The number of hydrogen-bond donors (Lipinski definition) is 1. The van der Waals surface area contributed by atoms with Crippen LogP contribution in [0.4, 0.5) is 17.6 Å². The molecule has 0 aliphatic rings. The van der Waals surface area contributed by atoms with Gasteiger partial charge in [-0.1, -0.05) is 11.6 Å². The number of alkyl halides is 3. The fourth-order valence-electron chi connectivity index (χ4n) is 2.13. The smallest absolute Gasteiger partial charge is 0.425 e. The number of halogens is 5. The van der Waals surface area contributed by atoms with Crippen LogP contribution in [0.2, 0.25) is 5.02 Å². The number of hydrogen-bond acceptors (Lipinski definition) is 5.